The first kappa shape index (κ1) is 13.2. The van der Waals surface area contributed by atoms with Gasteiger partial charge in [0, 0.05) is 18.6 Å². The van der Waals surface area contributed by atoms with Crippen LogP contribution in [0.15, 0.2) is 30.3 Å². The predicted molar refractivity (Wildman–Crippen MR) is 75.2 cm³/mol. The Hall–Kier alpha value is -1.26. The second kappa shape index (κ2) is 6.61. The molecule has 1 heteroatoms. The van der Waals surface area contributed by atoms with E-state index in [4.69, 9.17) is 0 Å². The highest BCUT2D eigenvalue weighted by Gasteiger charge is 2.30. The van der Waals surface area contributed by atoms with Crippen molar-refractivity contribution in [2.75, 3.05) is 6.61 Å². The van der Waals surface area contributed by atoms with Gasteiger partial charge in [-0.3, -0.25) is 0 Å². The lowest BCUT2D eigenvalue weighted by molar-refractivity contribution is 0.0750. The van der Waals surface area contributed by atoms with Crippen molar-refractivity contribution in [2.45, 2.75) is 44.9 Å². The van der Waals surface area contributed by atoms with Crippen LogP contribution in [0.1, 0.15) is 50.5 Å². The van der Waals surface area contributed by atoms with Gasteiger partial charge in [-0.25, -0.2) is 0 Å². The average Bonchev–Trinajstić information content (AvgIpc) is 2.46. The molecule has 2 rings (SSSR count). The molecule has 1 aliphatic rings. The molecular formula is C17H22O. The topological polar surface area (TPSA) is 20.2 Å². The Balaban J connectivity index is 1.86. The van der Waals surface area contributed by atoms with Gasteiger partial charge in [-0.1, -0.05) is 49.3 Å². The molecular weight excluding hydrogens is 220 g/mol. The Kier molecular flexibility index (Phi) is 4.84. The highest BCUT2D eigenvalue weighted by molar-refractivity contribution is 5.33. The fraction of sp³-hybridized carbons (Fsp3) is 0.529. The summed E-state index contributed by atoms with van der Waals surface area (Å²) in [5.74, 6) is 6.44. The number of hydrogen-bond acceptors (Lipinski definition) is 1. The molecule has 1 fully saturated rings. The normalized spacial score (nSPS) is 17.8. The first-order chi connectivity index (χ1) is 8.85. The Morgan fingerprint density at radius 1 is 1.06 bits per heavy atom. The zero-order valence-corrected chi connectivity index (χ0v) is 11.0. The number of hydrogen-bond donors (Lipinski definition) is 1. The van der Waals surface area contributed by atoms with Crippen LogP contribution in [-0.2, 0) is 0 Å². The summed E-state index contributed by atoms with van der Waals surface area (Å²) < 4.78 is 0. The largest absolute Gasteiger partial charge is 0.396 e. The monoisotopic (exact) mass is 242 g/mol. The molecule has 0 aromatic heterocycles. The Labute approximate surface area is 110 Å². The van der Waals surface area contributed by atoms with Gasteiger partial charge in [0.15, 0.2) is 0 Å². The van der Waals surface area contributed by atoms with Gasteiger partial charge in [-0.15, -0.1) is 0 Å². The fourth-order valence-corrected chi connectivity index (χ4v) is 2.80. The Morgan fingerprint density at radius 2 is 1.78 bits per heavy atom. The SMILES string of the molecule is OCC1(CCC#Cc2ccccc2)CCCCC1. The Morgan fingerprint density at radius 3 is 2.44 bits per heavy atom. The first-order valence-corrected chi connectivity index (χ1v) is 6.99. The summed E-state index contributed by atoms with van der Waals surface area (Å²) in [6, 6.07) is 10.1. The molecule has 0 saturated heterocycles. The third kappa shape index (κ3) is 3.62. The van der Waals surface area contributed by atoms with Crippen molar-refractivity contribution >= 4 is 0 Å². The molecule has 0 spiro atoms. The molecule has 1 aromatic rings. The molecule has 0 radical (unpaired) electrons. The molecule has 96 valence electrons. The van der Waals surface area contributed by atoms with Crippen LogP contribution >= 0.6 is 0 Å². The van der Waals surface area contributed by atoms with E-state index >= 15 is 0 Å². The van der Waals surface area contributed by atoms with Gasteiger partial charge in [-0.05, 0) is 36.8 Å². The van der Waals surface area contributed by atoms with Crippen molar-refractivity contribution in [3.8, 4) is 11.8 Å². The molecule has 1 aliphatic carbocycles. The quantitative estimate of drug-likeness (QED) is 0.800. The lowest BCUT2D eigenvalue weighted by Gasteiger charge is -2.35. The number of benzene rings is 1. The molecule has 0 bridgehead atoms. The van der Waals surface area contributed by atoms with E-state index in [1.54, 1.807) is 0 Å². The molecule has 1 nitrogen and oxygen atoms in total. The second-order valence-corrected chi connectivity index (χ2v) is 5.39. The number of aliphatic hydroxyl groups excluding tert-OH is 1. The van der Waals surface area contributed by atoms with Crippen LogP contribution in [0.5, 0.6) is 0 Å². The summed E-state index contributed by atoms with van der Waals surface area (Å²) in [7, 11) is 0. The maximum Gasteiger partial charge on any atom is 0.0487 e. The molecule has 0 amide bonds. The van der Waals surface area contributed by atoms with Crippen LogP contribution < -0.4 is 0 Å². The summed E-state index contributed by atoms with van der Waals surface area (Å²) in [5.41, 5.74) is 1.25. The standard InChI is InChI=1S/C17H22O/c18-15-17(12-6-2-7-13-17)14-8-5-11-16-9-3-1-4-10-16/h1,3-4,9-10,18H,2,6-8,12-15H2. The summed E-state index contributed by atoms with van der Waals surface area (Å²) in [4.78, 5) is 0. The summed E-state index contributed by atoms with van der Waals surface area (Å²) in [6.07, 6.45) is 8.17. The zero-order valence-electron chi connectivity index (χ0n) is 11.0. The highest BCUT2D eigenvalue weighted by Crippen LogP contribution is 2.39. The fourth-order valence-electron chi connectivity index (χ4n) is 2.80. The van der Waals surface area contributed by atoms with Gasteiger partial charge < -0.3 is 5.11 Å². The smallest absolute Gasteiger partial charge is 0.0487 e. The van der Waals surface area contributed by atoms with Crippen LogP contribution in [0.4, 0.5) is 0 Å². The van der Waals surface area contributed by atoms with E-state index in [1.165, 1.54) is 32.1 Å². The summed E-state index contributed by atoms with van der Waals surface area (Å²) in [6.45, 7) is 0.333. The van der Waals surface area contributed by atoms with Crippen molar-refractivity contribution in [1.29, 1.82) is 0 Å². The molecule has 1 aromatic carbocycles. The summed E-state index contributed by atoms with van der Waals surface area (Å²) in [5, 5.41) is 9.61. The zero-order chi connectivity index (χ0) is 12.7. The second-order valence-electron chi connectivity index (χ2n) is 5.39. The lowest BCUT2D eigenvalue weighted by atomic mass is 9.72. The van der Waals surface area contributed by atoms with E-state index in [0.717, 1.165) is 18.4 Å². The molecule has 18 heavy (non-hydrogen) atoms. The molecule has 0 heterocycles. The number of aliphatic hydroxyl groups is 1. The van der Waals surface area contributed by atoms with Crippen LogP contribution in [0.3, 0.4) is 0 Å². The molecule has 0 atom stereocenters. The van der Waals surface area contributed by atoms with Gasteiger partial charge in [0.05, 0.1) is 0 Å². The van der Waals surface area contributed by atoms with Crippen molar-refractivity contribution in [1.82, 2.24) is 0 Å². The third-order valence-electron chi connectivity index (χ3n) is 4.04. The van der Waals surface area contributed by atoms with Gasteiger partial charge in [-0.2, -0.15) is 0 Å². The maximum absolute atomic E-state index is 9.61. The number of rotatable bonds is 3. The maximum atomic E-state index is 9.61. The predicted octanol–water partition coefficient (Wildman–Crippen LogP) is 3.76. The van der Waals surface area contributed by atoms with Crippen LogP contribution in [0.2, 0.25) is 0 Å². The van der Waals surface area contributed by atoms with E-state index in [2.05, 4.69) is 11.8 Å². The van der Waals surface area contributed by atoms with Crippen molar-refractivity contribution in [3.63, 3.8) is 0 Å². The minimum atomic E-state index is 0.170. The minimum absolute atomic E-state index is 0.170. The van der Waals surface area contributed by atoms with Crippen LogP contribution in [-0.4, -0.2) is 11.7 Å². The van der Waals surface area contributed by atoms with E-state index in [0.29, 0.717) is 6.61 Å². The average molecular weight is 242 g/mol. The van der Waals surface area contributed by atoms with Crippen LogP contribution in [0, 0.1) is 17.3 Å². The Bertz CT molecular complexity index is 404. The van der Waals surface area contributed by atoms with E-state index in [9.17, 15) is 5.11 Å². The van der Waals surface area contributed by atoms with Gasteiger partial charge in [0.25, 0.3) is 0 Å². The highest BCUT2D eigenvalue weighted by atomic mass is 16.3. The first-order valence-electron chi connectivity index (χ1n) is 6.99. The van der Waals surface area contributed by atoms with Gasteiger partial charge in [0.2, 0.25) is 0 Å². The molecule has 0 unspecified atom stereocenters. The molecule has 1 N–H and O–H groups in total. The summed E-state index contributed by atoms with van der Waals surface area (Å²) >= 11 is 0. The third-order valence-corrected chi connectivity index (χ3v) is 4.04. The van der Waals surface area contributed by atoms with Crippen molar-refractivity contribution in [3.05, 3.63) is 35.9 Å². The van der Waals surface area contributed by atoms with E-state index in [-0.39, 0.29) is 5.41 Å². The minimum Gasteiger partial charge on any atom is -0.396 e. The van der Waals surface area contributed by atoms with Crippen molar-refractivity contribution < 1.29 is 5.11 Å². The van der Waals surface area contributed by atoms with Crippen molar-refractivity contribution in [2.24, 2.45) is 5.41 Å². The molecule has 0 aliphatic heterocycles. The van der Waals surface area contributed by atoms with Gasteiger partial charge in [0.1, 0.15) is 0 Å². The lowest BCUT2D eigenvalue weighted by Crippen LogP contribution is -2.28. The van der Waals surface area contributed by atoms with E-state index < -0.39 is 0 Å². The molecule has 1 saturated carbocycles. The van der Waals surface area contributed by atoms with Crippen LogP contribution in [0.25, 0.3) is 0 Å². The van der Waals surface area contributed by atoms with E-state index in [1.807, 2.05) is 30.3 Å². The van der Waals surface area contributed by atoms with Gasteiger partial charge >= 0.3 is 0 Å².